The summed E-state index contributed by atoms with van der Waals surface area (Å²) in [5, 5.41) is 11.7. The van der Waals surface area contributed by atoms with E-state index in [-0.39, 0.29) is 12.5 Å². The number of amides is 1. The second kappa shape index (κ2) is 7.60. The third-order valence-electron chi connectivity index (χ3n) is 2.89. The van der Waals surface area contributed by atoms with E-state index in [0.29, 0.717) is 6.54 Å². The third-order valence-corrected chi connectivity index (χ3v) is 2.89. The first kappa shape index (κ1) is 13.4. The van der Waals surface area contributed by atoms with Crippen LogP contribution in [0.1, 0.15) is 12.8 Å². The van der Waals surface area contributed by atoms with Crippen molar-refractivity contribution >= 4 is 5.91 Å². The first-order chi connectivity index (χ1) is 7.74. The number of hydrogen-bond acceptors (Lipinski definition) is 4. The summed E-state index contributed by atoms with van der Waals surface area (Å²) in [6.07, 6.45) is 1.72. The predicted octanol–water partition coefficient (Wildman–Crippen LogP) is -0.877. The Hall–Kier alpha value is -0.650. The molecule has 1 rings (SSSR count). The number of nitrogens with one attached hydrogen (secondary N) is 1. The van der Waals surface area contributed by atoms with Crippen LogP contribution in [-0.4, -0.2) is 73.7 Å². The molecule has 1 saturated heterocycles. The first-order valence-electron chi connectivity index (χ1n) is 6.02. The van der Waals surface area contributed by atoms with Crippen LogP contribution in [0.4, 0.5) is 0 Å². The van der Waals surface area contributed by atoms with Gasteiger partial charge < -0.3 is 20.2 Å². The minimum Gasteiger partial charge on any atom is -0.396 e. The highest BCUT2D eigenvalue weighted by Gasteiger charge is 2.17. The molecule has 0 radical (unpaired) electrons. The highest BCUT2D eigenvalue weighted by molar-refractivity contribution is 5.78. The fraction of sp³-hybridized carbons (Fsp3) is 0.909. The molecular formula is C11H23N3O2. The van der Waals surface area contributed by atoms with Crippen LogP contribution in [0.25, 0.3) is 0 Å². The number of aliphatic hydroxyl groups excluding tert-OH is 1. The fourth-order valence-corrected chi connectivity index (χ4v) is 1.72. The summed E-state index contributed by atoms with van der Waals surface area (Å²) in [6, 6.07) is 0. The Morgan fingerprint density at radius 3 is 2.56 bits per heavy atom. The number of unbranched alkanes of at least 4 members (excludes halogenated alkanes) is 1. The maximum absolute atomic E-state index is 11.7. The topological polar surface area (TPSA) is 55.8 Å². The number of piperazine rings is 1. The van der Waals surface area contributed by atoms with E-state index in [0.717, 1.165) is 45.6 Å². The van der Waals surface area contributed by atoms with Crippen molar-refractivity contribution in [1.82, 2.24) is 15.1 Å². The van der Waals surface area contributed by atoms with Gasteiger partial charge in [0.15, 0.2) is 0 Å². The van der Waals surface area contributed by atoms with E-state index in [1.54, 1.807) is 0 Å². The van der Waals surface area contributed by atoms with Gasteiger partial charge in [-0.05, 0) is 26.4 Å². The van der Waals surface area contributed by atoms with Gasteiger partial charge in [-0.25, -0.2) is 0 Å². The summed E-state index contributed by atoms with van der Waals surface area (Å²) in [4.78, 5) is 15.9. The third kappa shape index (κ3) is 4.92. The van der Waals surface area contributed by atoms with Gasteiger partial charge in [-0.2, -0.15) is 0 Å². The van der Waals surface area contributed by atoms with Gasteiger partial charge in [-0.1, -0.05) is 0 Å². The average Bonchev–Trinajstić information content (AvgIpc) is 2.29. The number of hydrogen-bond donors (Lipinski definition) is 2. The molecule has 1 fully saturated rings. The Morgan fingerprint density at radius 2 is 1.94 bits per heavy atom. The maximum atomic E-state index is 11.7. The molecule has 16 heavy (non-hydrogen) atoms. The van der Waals surface area contributed by atoms with E-state index in [2.05, 4.69) is 17.3 Å². The van der Waals surface area contributed by atoms with Gasteiger partial charge >= 0.3 is 0 Å². The molecule has 1 heterocycles. The largest absolute Gasteiger partial charge is 0.396 e. The van der Waals surface area contributed by atoms with E-state index in [1.165, 1.54) is 0 Å². The number of carbonyl (C=O) groups is 1. The average molecular weight is 229 g/mol. The van der Waals surface area contributed by atoms with Crippen LogP contribution in [0.15, 0.2) is 0 Å². The van der Waals surface area contributed by atoms with Crippen LogP contribution in [-0.2, 0) is 4.79 Å². The number of rotatable bonds is 6. The van der Waals surface area contributed by atoms with Crippen LogP contribution >= 0.6 is 0 Å². The van der Waals surface area contributed by atoms with Crippen LogP contribution in [0.5, 0.6) is 0 Å². The SMILES string of the molecule is CN1CCN(C(=O)CNCCCCO)CC1. The van der Waals surface area contributed by atoms with Crippen molar-refractivity contribution in [2.45, 2.75) is 12.8 Å². The molecule has 5 heteroatoms. The van der Waals surface area contributed by atoms with Crippen molar-refractivity contribution in [1.29, 1.82) is 0 Å². The van der Waals surface area contributed by atoms with E-state index < -0.39 is 0 Å². The molecule has 5 nitrogen and oxygen atoms in total. The highest BCUT2D eigenvalue weighted by Crippen LogP contribution is 1.98. The molecule has 0 spiro atoms. The maximum Gasteiger partial charge on any atom is 0.236 e. The first-order valence-corrected chi connectivity index (χ1v) is 6.02. The van der Waals surface area contributed by atoms with Gasteiger partial charge in [-0.3, -0.25) is 4.79 Å². The molecule has 1 amide bonds. The van der Waals surface area contributed by atoms with Crippen molar-refractivity contribution < 1.29 is 9.90 Å². The summed E-state index contributed by atoms with van der Waals surface area (Å²) in [5.74, 6) is 0.192. The van der Waals surface area contributed by atoms with Crippen LogP contribution < -0.4 is 5.32 Å². The van der Waals surface area contributed by atoms with E-state index in [1.807, 2.05) is 4.90 Å². The van der Waals surface area contributed by atoms with Crippen LogP contribution in [0.2, 0.25) is 0 Å². The van der Waals surface area contributed by atoms with Gasteiger partial charge in [0, 0.05) is 32.8 Å². The molecule has 0 aromatic rings. The second-order valence-electron chi connectivity index (χ2n) is 4.29. The molecule has 0 atom stereocenters. The molecular weight excluding hydrogens is 206 g/mol. The molecule has 0 aliphatic carbocycles. The lowest BCUT2D eigenvalue weighted by atomic mass is 10.3. The zero-order valence-corrected chi connectivity index (χ0v) is 10.1. The summed E-state index contributed by atoms with van der Waals surface area (Å²) in [5.41, 5.74) is 0. The molecule has 1 aliphatic rings. The lowest BCUT2D eigenvalue weighted by Gasteiger charge is -2.32. The molecule has 0 unspecified atom stereocenters. The summed E-state index contributed by atoms with van der Waals surface area (Å²) in [6.45, 7) is 5.08. The second-order valence-corrected chi connectivity index (χ2v) is 4.29. The highest BCUT2D eigenvalue weighted by atomic mass is 16.2. The van der Waals surface area contributed by atoms with E-state index in [4.69, 9.17) is 5.11 Å². The molecule has 1 aliphatic heterocycles. The lowest BCUT2D eigenvalue weighted by molar-refractivity contribution is -0.131. The van der Waals surface area contributed by atoms with Crippen molar-refractivity contribution in [2.24, 2.45) is 0 Å². The van der Waals surface area contributed by atoms with Crippen LogP contribution in [0.3, 0.4) is 0 Å². The minimum atomic E-state index is 0.192. The van der Waals surface area contributed by atoms with Gasteiger partial charge in [0.1, 0.15) is 0 Å². The van der Waals surface area contributed by atoms with Crippen LogP contribution in [0, 0.1) is 0 Å². The quantitative estimate of drug-likeness (QED) is 0.581. The number of aliphatic hydroxyl groups is 1. The predicted molar refractivity (Wildman–Crippen MR) is 63.3 cm³/mol. The van der Waals surface area contributed by atoms with Gasteiger partial charge in [0.2, 0.25) is 5.91 Å². The summed E-state index contributed by atoms with van der Waals surface area (Å²) >= 11 is 0. The Bertz CT molecular complexity index is 203. The number of carbonyl (C=O) groups excluding carboxylic acids is 1. The van der Waals surface area contributed by atoms with E-state index in [9.17, 15) is 4.79 Å². The van der Waals surface area contributed by atoms with Crippen molar-refractivity contribution in [3.63, 3.8) is 0 Å². The zero-order valence-electron chi connectivity index (χ0n) is 10.1. The Kier molecular flexibility index (Phi) is 6.37. The smallest absolute Gasteiger partial charge is 0.236 e. The Labute approximate surface area is 97.4 Å². The minimum absolute atomic E-state index is 0.192. The molecule has 94 valence electrons. The fourth-order valence-electron chi connectivity index (χ4n) is 1.72. The molecule has 0 aromatic carbocycles. The molecule has 0 saturated carbocycles. The van der Waals surface area contributed by atoms with Gasteiger partial charge in [0.05, 0.1) is 6.54 Å². The number of nitrogens with zero attached hydrogens (tertiary/aromatic N) is 2. The normalized spacial score (nSPS) is 17.8. The molecule has 0 bridgehead atoms. The monoisotopic (exact) mass is 229 g/mol. The van der Waals surface area contributed by atoms with Gasteiger partial charge in [0.25, 0.3) is 0 Å². The Morgan fingerprint density at radius 1 is 1.25 bits per heavy atom. The van der Waals surface area contributed by atoms with Gasteiger partial charge in [-0.15, -0.1) is 0 Å². The molecule has 0 aromatic heterocycles. The van der Waals surface area contributed by atoms with Crippen molar-refractivity contribution in [3.8, 4) is 0 Å². The lowest BCUT2D eigenvalue weighted by Crippen LogP contribution is -2.49. The van der Waals surface area contributed by atoms with Crippen molar-refractivity contribution in [3.05, 3.63) is 0 Å². The zero-order chi connectivity index (χ0) is 11.8. The van der Waals surface area contributed by atoms with Crippen molar-refractivity contribution in [2.75, 3.05) is 52.9 Å². The molecule has 2 N–H and O–H groups in total. The summed E-state index contributed by atoms with van der Waals surface area (Å²) in [7, 11) is 2.08. The summed E-state index contributed by atoms with van der Waals surface area (Å²) < 4.78 is 0. The van der Waals surface area contributed by atoms with E-state index >= 15 is 0 Å². The standard InChI is InChI=1S/C11H23N3O2/c1-13-5-7-14(8-6-13)11(16)10-12-4-2-3-9-15/h12,15H,2-10H2,1H3. The number of likely N-dealkylation sites (N-methyl/N-ethyl adjacent to an activating group) is 1. The Balaban J connectivity index is 2.06.